The molecule has 3 aliphatic rings. The normalized spacial score (nSPS) is 28.7. The molecule has 0 amide bonds. The van der Waals surface area contributed by atoms with E-state index in [1.54, 1.807) is 0 Å². The number of carbonyl (C=O) groups excluding carboxylic acids is 2. The van der Waals surface area contributed by atoms with Crippen LogP contribution in [0, 0.1) is 25.7 Å². The Labute approximate surface area is 155 Å². The summed E-state index contributed by atoms with van der Waals surface area (Å²) in [5, 5.41) is 3.53. The number of carbonyl (C=O) groups is 2. The van der Waals surface area contributed by atoms with Gasteiger partial charge >= 0.3 is 0 Å². The van der Waals surface area contributed by atoms with Gasteiger partial charge in [0.2, 0.25) is 0 Å². The first-order valence-electron chi connectivity index (χ1n) is 9.71. The minimum atomic E-state index is -0.193. The van der Waals surface area contributed by atoms with Crippen molar-refractivity contribution >= 4 is 11.6 Å². The van der Waals surface area contributed by atoms with Gasteiger partial charge in [0.1, 0.15) is 0 Å². The summed E-state index contributed by atoms with van der Waals surface area (Å²) in [5.41, 5.74) is 7.25. The first-order valence-corrected chi connectivity index (χ1v) is 9.71. The number of hydrogen-bond donors (Lipinski definition) is 1. The Morgan fingerprint density at radius 3 is 1.92 bits per heavy atom. The molecule has 0 radical (unpaired) electrons. The number of Topliss-reactive ketones (excluding diaryl/α,β-unsaturated/α-hetero) is 2. The second-order valence-corrected chi connectivity index (χ2v) is 8.58. The fourth-order valence-electron chi connectivity index (χ4n) is 4.87. The van der Waals surface area contributed by atoms with E-state index in [0.717, 1.165) is 46.5 Å². The van der Waals surface area contributed by atoms with Gasteiger partial charge in [-0.1, -0.05) is 37.6 Å². The lowest BCUT2D eigenvalue weighted by Crippen LogP contribution is -2.39. The molecular formula is C23H27NO2. The van der Waals surface area contributed by atoms with Crippen molar-refractivity contribution < 1.29 is 9.59 Å². The number of ketones is 2. The summed E-state index contributed by atoms with van der Waals surface area (Å²) in [7, 11) is 0. The van der Waals surface area contributed by atoms with Gasteiger partial charge in [-0.25, -0.2) is 0 Å². The molecule has 1 aromatic carbocycles. The quantitative estimate of drug-likeness (QED) is 0.812. The number of dihydropyridines is 1. The molecule has 1 heterocycles. The van der Waals surface area contributed by atoms with E-state index in [4.69, 9.17) is 0 Å². The monoisotopic (exact) mass is 349 g/mol. The largest absolute Gasteiger partial charge is 0.362 e. The van der Waals surface area contributed by atoms with Crippen LogP contribution in [-0.2, 0) is 9.59 Å². The third kappa shape index (κ3) is 2.74. The Balaban J connectivity index is 1.95. The van der Waals surface area contributed by atoms with Crippen molar-refractivity contribution in [1.29, 1.82) is 0 Å². The van der Waals surface area contributed by atoms with E-state index in [1.165, 1.54) is 5.56 Å². The maximum atomic E-state index is 13.0. The maximum absolute atomic E-state index is 13.0. The number of nitrogens with one attached hydrogen (secondary N) is 1. The van der Waals surface area contributed by atoms with Crippen molar-refractivity contribution in [2.45, 2.75) is 59.3 Å². The number of hydrogen-bond acceptors (Lipinski definition) is 3. The van der Waals surface area contributed by atoms with Crippen molar-refractivity contribution in [3.63, 3.8) is 0 Å². The van der Waals surface area contributed by atoms with Gasteiger partial charge in [-0.3, -0.25) is 9.59 Å². The minimum Gasteiger partial charge on any atom is -0.362 e. The predicted molar refractivity (Wildman–Crippen MR) is 103 cm³/mol. The molecular weight excluding hydrogens is 322 g/mol. The van der Waals surface area contributed by atoms with Crippen LogP contribution < -0.4 is 5.32 Å². The van der Waals surface area contributed by atoms with Crippen LogP contribution in [0.15, 0.2) is 40.7 Å². The van der Waals surface area contributed by atoms with Crippen molar-refractivity contribution in [2.75, 3.05) is 0 Å². The van der Waals surface area contributed by atoms with Crippen LogP contribution in [0.2, 0.25) is 0 Å². The summed E-state index contributed by atoms with van der Waals surface area (Å²) in [5.74, 6) is 0.921. The number of rotatable bonds is 1. The van der Waals surface area contributed by atoms with E-state index >= 15 is 0 Å². The molecule has 4 rings (SSSR count). The Morgan fingerprint density at radius 1 is 0.846 bits per heavy atom. The average Bonchev–Trinajstić information content (AvgIpc) is 2.54. The van der Waals surface area contributed by atoms with E-state index in [1.807, 2.05) is 0 Å². The van der Waals surface area contributed by atoms with Gasteiger partial charge in [0.25, 0.3) is 0 Å². The van der Waals surface area contributed by atoms with E-state index in [-0.39, 0.29) is 17.5 Å². The second kappa shape index (κ2) is 6.22. The lowest BCUT2D eigenvalue weighted by molar-refractivity contribution is -0.117. The zero-order chi connectivity index (χ0) is 18.6. The summed E-state index contributed by atoms with van der Waals surface area (Å²) in [6.45, 7) is 8.43. The molecule has 2 unspecified atom stereocenters. The minimum absolute atomic E-state index is 0.193. The second-order valence-electron chi connectivity index (χ2n) is 8.58. The molecule has 1 aromatic rings. The van der Waals surface area contributed by atoms with Crippen molar-refractivity contribution in [2.24, 2.45) is 11.8 Å². The van der Waals surface area contributed by atoms with E-state index in [9.17, 15) is 9.59 Å². The molecule has 3 nitrogen and oxygen atoms in total. The molecule has 3 heteroatoms. The number of aryl methyl sites for hydroxylation is 2. The lowest BCUT2D eigenvalue weighted by Gasteiger charge is -2.40. The van der Waals surface area contributed by atoms with Crippen LogP contribution in [0.3, 0.4) is 0 Å². The highest BCUT2D eigenvalue weighted by atomic mass is 16.1. The van der Waals surface area contributed by atoms with E-state index in [0.29, 0.717) is 24.7 Å². The summed E-state index contributed by atoms with van der Waals surface area (Å²) >= 11 is 0. The van der Waals surface area contributed by atoms with Gasteiger partial charge in [0, 0.05) is 41.3 Å². The zero-order valence-electron chi connectivity index (χ0n) is 16.1. The summed E-state index contributed by atoms with van der Waals surface area (Å²) in [6, 6.07) is 6.37. The van der Waals surface area contributed by atoms with Gasteiger partial charge in [-0.15, -0.1) is 0 Å². The molecule has 0 bridgehead atoms. The molecule has 0 fully saturated rings. The van der Waals surface area contributed by atoms with Crippen LogP contribution in [0.25, 0.3) is 0 Å². The highest BCUT2D eigenvalue weighted by Gasteiger charge is 2.42. The summed E-state index contributed by atoms with van der Waals surface area (Å²) in [6.07, 6.45) is 2.94. The topological polar surface area (TPSA) is 46.2 Å². The maximum Gasteiger partial charge on any atom is 0.161 e. The van der Waals surface area contributed by atoms with Crippen molar-refractivity contribution in [3.8, 4) is 0 Å². The number of allylic oxidation sites excluding steroid dienone is 4. The summed E-state index contributed by atoms with van der Waals surface area (Å²) < 4.78 is 0. The Morgan fingerprint density at radius 2 is 1.38 bits per heavy atom. The van der Waals surface area contributed by atoms with Gasteiger partial charge in [-0.2, -0.15) is 0 Å². The fourth-order valence-corrected chi connectivity index (χ4v) is 4.87. The highest BCUT2D eigenvalue weighted by molar-refractivity contribution is 6.06. The van der Waals surface area contributed by atoms with Crippen LogP contribution in [0.1, 0.15) is 62.1 Å². The molecule has 1 aliphatic heterocycles. The Bertz CT molecular complexity index is 828. The van der Waals surface area contributed by atoms with Crippen LogP contribution in [0.5, 0.6) is 0 Å². The summed E-state index contributed by atoms with van der Waals surface area (Å²) in [4.78, 5) is 26.1. The standard InChI is InChI=1S/C23H27NO2/c1-12-5-6-15(4)16(7-12)21-22-17(8-13(2)10-19(22)25)24-18-9-14(3)11-20(26)23(18)21/h5-7,13-14,21,24H,8-11H2,1-4H3. The molecule has 136 valence electrons. The molecule has 0 aromatic heterocycles. The lowest BCUT2D eigenvalue weighted by atomic mass is 9.68. The van der Waals surface area contributed by atoms with Crippen LogP contribution >= 0.6 is 0 Å². The molecule has 2 atom stereocenters. The molecule has 1 N–H and O–H groups in total. The van der Waals surface area contributed by atoms with Gasteiger partial charge in [-0.05, 0) is 49.7 Å². The molecule has 2 aliphatic carbocycles. The highest BCUT2D eigenvalue weighted by Crippen LogP contribution is 2.47. The van der Waals surface area contributed by atoms with Gasteiger partial charge in [0.05, 0.1) is 0 Å². The molecule has 0 saturated heterocycles. The predicted octanol–water partition coefficient (Wildman–Crippen LogP) is 4.50. The van der Waals surface area contributed by atoms with Crippen LogP contribution in [-0.4, -0.2) is 11.6 Å². The molecule has 0 spiro atoms. The third-order valence-electron chi connectivity index (χ3n) is 6.05. The SMILES string of the molecule is Cc1ccc(C)c(C2C3=C(CC(C)CC3=O)NC3=C2C(=O)CC(C)C3)c1. The van der Waals surface area contributed by atoms with E-state index < -0.39 is 0 Å². The fraction of sp³-hybridized carbons (Fsp3) is 0.478. The first kappa shape index (κ1) is 17.3. The van der Waals surface area contributed by atoms with Gasteiger partial charge in [0.15, 0.2) is 11.6 Å². The molecule has 0 saturated carbocycles. The zero-order valence-corrected chi connectivity index (χ0v) is 16.1. The first-order chi connectivity index (χ1) is 12.3. The van der Waals surface area contributed by atoms with Crippen molar-refractivity contribution in [3.05, 3.63) is 57.4 Å². The number of benzene rings is 1. The van der Waals surface area contributed by atoms with E-state index in [2.05, 4.69) is 51.2 Å². The third-order valence-corrected chi connectivity index (χ3v) is 6.05. The van der Waals surface area contributed by atoms with Crippen molar-refractivity contribution in [1.82, 2.24) is 5.32 Å². The van der Waals surface area contributed by atoms with Crippen LogP contribution in [0.4, 0.5) is 0 Å². The molecule has 26 heavy (non-hydrogen) atoms. The Hall–Kier alpha value is -2.16. The Kier molecular flexibility index (Phi) is 4.13. The average molecular weight is 349 g/mol. The smallest absolute Gasteiger partial charge is 0.161 e. The van der Waals surface area contributed by atoms with Gasteiger partial charge < -0.3 is 5.32 Å².